The van der Waals surface area contributed by atoms with Gasteiger partial charge in [0.2, 0.25) is 0 Å². The second-order valence-electron chi connectivity index (χ2n) is 13.9. The Kier molecular flexibility index (Phi) is 9.33. The van der Waals surface area contributed by atoms with E-state index in [4.69, 9.17) is 9.72 Å². The van der Waals surface area contributed by atoms with Gasteiger partial charge in [0.25, 0.3) is 0 Å². The lowest BCUT2D eigenvalue weighted by molar-refractivity contribution is -0.151. The van der Waals surface area contributed by atoms with E-state index in [0.717, 1.165) is 60.4 Å². The lowest BCUT2D eigenvalue weighted by atomic mass is 9.60. The number of hydrogen-bond donors (Lipinski definition) is 2. The molecular formula is C35H51NO4S. The van der Waals surface area contributed by atoms with Gasteiger partial charge in [0, 0.05) is 23.9 Å². The van der Waals surface area contributed by atoms with Gasteiger partial charge in [-0.1, -0.05) is 45.1 Å². The van der Waals surface area contributed by atoms with E-state index in [1.54, 1.807) is 11.3 Å². The normalized spacial score (nSPS) is 34.4. The number of fused-ring (bicyclic) bond motifs is 1. The topological polar surface area (TPSA) is 79.7 Å². The van der Waals surface area contributed by atoms with Crippen LogP contribution in [0.4, 0.5) is 0 Å². The minimum Gasteiger partial charge on any atom is -0.461 e. The number of carbonyl (C=O) groups is 1. The van der Waals surface area contributed by atoms with Gasteiger partial charge in [-0.15, -0.1) is 11.3 Å². The fourth-order valence-electron chi connectivity index (χ4n) is 8.56. The summed E-state index contributed by atoms with van der Waals surface area (Å²) in [5.74, 6) is 1.74. The highest BCUT2D eigenvalue weighted by Crippen LogP contribution is 2.60. The predicted octanol–water partition coefficient (Wildman–Crippen LogP) is 7.75. The number of allylic oxidation sites excluding steroid dienone is 3. The molecule has 4 fully saturated rings. The first-order valence-corrected chi connectivity index (χ1v) is 17.0. The zero-order chi connectivity index (χ0) is 29.4. The molecule has 4 aliphatic carbocycles. The number of aromatic nitrogens is 1. The molecule has 0 amide bonds. The van der Waals surface area contributed by atoms with E-state index >= 15 is 0 Å². The van der Waals surface area contributed by atoms with Crippen molar-refractivity contribution in [1.29, 1.82) is 0 Å². The molecule has 1 aromatic heterocycles. The van der Waals surface area contributed by atoms with E-state index in [9.17, 15) is 15.0 Å². The Morgan fingerprint density at radius 3 is 2.71 bits per heavy atom. The maximum absolute atomic E-state index is 12.7. The van der Waals surface area contributed by atoms with Crippen molar-refractivity contribution in [2.24, 2.45) is 23.2 Å². The van der Waals surface area contributed by atoms with Crippen molar-refractivity contribution >= 4 is 17.3 Å². The summed E-state index contributed by atoms with van der Waals surface area (Å²) in [5.41, 5.74) is 4.55. The van der Waals surface area contributed by atoms with Crippen LogP contribution in [0, 0.1) is 30.1 Å². The van der Waals surface area contributed by atoms with Gasteiger partial charge < -0.3 is 14.9 Å². The smallest absolute Gasteiger partial charge is 0.306 e. The lowest BCUT2D eigenvalue weighted by Crippen LogP contribution is -2.37. The minimum atomic E-state index is -0.642. The van der Waals surface area contributed by atoms with Gasteiger partial charge in [0.05, 0.1) is 17.6 Å². The average Bonchev–Trinajstić information content (AvgIpc) is 3.48. The van der Waals surface area contributed by atoms with Crippen molar-refractivity contribution in [2.75, 3.05) is 0 Å². The number of nitrogens with zero attached hydrogens (tertiary/aromatic N) is 1. The Hall–Kier alpha value is -1.76. The van der Waals surface area contributed by atoms with Crippen LogP contribution >= 0.6 is 11.3 Å². The minimum absolute atomic E-state index is 0.0607. The van der Waals surface area contributed by atoms with Gasteiger partial charge in [-0.3, -0.25) is 4.79 Å². The molecule has 7 atom stereocenters. The first-order valence-electron chi connectivity index (χ1n) is 16.1. The molecule has 226 valence electrons. The van der Waals surface area contributed by atoms with Crippen LogP contribution in [0.5, 0.6) is 0 Å². The Morgan fingerprint density at radius 2 is 2.02 bits per heavy atom. The second kappa shape index (κ2) is 12.5. The van der Waals surface area contributed by atoms with Gasteiger partial charge in [0.1, 0.15) is 11.1 Å². The zero-order valence-electron chi connectivity index (χ0n) is 25.7. The summed E-state index contributed by atoms with van der Waals surface area (Å²) < 4.78 is 6.23. The number of ether oxygens (including phenoxy) is 1. The predicted molar refractivity (Wildman–Crippen MR) is 166 cm³/mol. The van der Waals surface area contributed by atoms with Crippen molar-refractivity contribution in [1.82, 2.24) is 4.98 Å². The summed E-state index contributed by atoms with van der Waals surface area (Å²) in [6.45, 7) is 13.2. The van der Waals surface area contributed by atoms with Crippen LogP contribution < -0.4 is 0 Å². The van der Waals surface area contributed by atoms with Crippen molar-refractivity contribution in [3.8, 4) is 0 Å². The number of aliphatic hydroxyl groups excluding tert-OH is 2. The maximum Gasteiger partial charge on any atom is 0.306 e. The van der Waals surface area contributed by atoms with E-state index in [1.807, 2.05) is 6.92 Å². The maximum atomic E-state index is 12.7. The molecule has 0 radical (unpaired) electrons. The number of carbonyl (C=O) groups excluding carboxylic acids is 1. The molecule has 0 aliphatic heterocycles. The van der Waals surface area contributed by atoms with Crippen molar-refractivity contribution < 1.29 is 19.7 Å². The van der Waals surface area contributed by atoms with Gasteiger partial charge in [-0.05, 0) is 112 Å². The molecule has 0 unspecified atom stereocenters. The van der Waals surface area contributed by atoms with Crippen LogP contribution in [-0.4, -0.2) is 39.5 Å². The molecule has 5 rings (SSSR count). The summed E-state index contributed by atoms with van der Waals surface area (Å²) in [5, 5.41) is 23.7. The molecule has 0 bridgehead atoms. The molecule has 1 aromatic rings. The summed E-state index contributed by atoms with van der Waals surface area (Å²) in [7, 11) is 0. The first kappa shape index (κ1) is 30.7. The van der Waals surface area contributed by atoms with Gasteiger partial charge in [0.15, 0.2) is 0 Å². The summed E-state index contributed by atoms with van der Waals surface area (Å²) in [6.07, 6.45) is 15.7. The van der Waals surface area contributed by atoms with E-state index < -0.39 is 12.2 Å². The fourth-order valence-corrected chi connectivity index (χ4v) is 9.66. The molecule has 2 N–H and O–H groups in total. The van der Waals surface area contributed by atoms with E-state index in [2.05, 4.69) is 44.9 Å². The zero-order valence-corrected chi connectivity index (χ0v) is 26.5. The third kappa shape index (κ3) is 6.31. The Morgan fingerprint density at radius 1 is 1.24 bits per heavy atom. The summed E-state index contributed by atoms with van der Waals surface area (Å²) in [6, 6.07) is 0. The molecule has 0 saturated heterocycles. The number of hydrogen-bond acceptors (Lipinski definition) is 6. The Balaban J connectivity index is 1.28. The van der Waals surface area contributed by atoms with Crippen molar-refractivity contribution in [3.63, 3.8) is 0 Å². The van der Waals surface area contributed by atoms with Crippen molar-refractivity contribution in [2.45, 2.75) is 135 Å². The Bertz CT molecular complexity index is 1180. The average molecular weight is 582 g/mol. The van der Waals surface area contributed by atoms with Crippen LogP contribution in [0.3, 0.4) is 0 Å². The van der Waals surface area contributed by atoms with Crippen LogP contribution in [0.25, 0.3) is 0 Å². The molecule has 41 heavy (non-hydrogen) atoms. The van der Waals surface area contributed by atoms with Crippen LogP contribution in [-0.2, 0) is 14.9 Å². The van der Waals surface area contributed by atoms with Crippen LogP contribution in [0.1, 0.15) is 115 Å². The number of rotatable bonds is 10. The number of esters is 1. The van der Waals surface area contributed by atoms with E-state index in [-0.39, 0.29) is 22.9 Å². The lowest BCUT2D eigenvalue weighted by Gasteiger charge is -2.44. The molecular weight excluding hydrogens is 530 g/mol. The third-order valence-electron chi connectivity index (χ3n) is 11.1. The highest BCUT2D eigenvalue weighted by Gasteiger charge is 2.55. The van der Waals surface area contributed by atoms with Crippen molar-refractivity contribution in [3.05, 3.63) is 51.5 Å². The fraction of sp³-hybridized carbons (Fsp3) is 0.714. The SMILES string of the molecule is C=C1/C(=C\C=C2/CCC[C@]3(C)[C@@H]([C@H](C)CC[C@H](OC(=O)CCC)C4(c5nc(C)cs5)CC4)CC[C@@H]23)C[C@@H](O)C[C@@H]1O. The number of thiazole rings is 1. The first-order chi connectivity index (χ1) is 19.6. The van der Waals surface area contributed by atoms with Gasteiger partial charge >= 0.3 is 5.97 Å². The van der Waals surface area contributed by atoms with Gasteiger partial charge in [-0.2, -0.15) is 0 Å². The molecule has 4 aliphatic rings. The standard InChI is InChI=1S/C35H51NO4S/c1-6-8-32(39)40-31(35(17-18-35)33-36-23(3)21-41-33)15-10-22(2)28-13-14-29-25(9-7-16-34(28,29)5)11-12-26-19-27(37)20-30(38)24(26)4/h11-12,21-22,27-31,37-38H,4,6-10,13-20H2,1-3,5H3/b25-11+,26-12-/t22-,27-,28-,29+,30+,31+,34-/m1/s1. The monoisotopic (exact) mass is 581 g/mol. The third-order valence-corrected chi connectivity index (χ3v) is 12.2. The van der Waals surface area contributed by atoms with E-state index in [1.165, 1.54) is 31.3 Å². The highest BCUT2D eigenvalue weighted by atomic mass is 32.1. The highest BCUT2D eigenvalue weighted by molar-refractivity contribution is 7.09. The molecule has 4 saturated carbocycles. The summed E-state index contributed by atoms with van der Waals surface area (Å²) in [4.78, 5) is 17.5. The quantitative estimate of drug-likeness (QED) is 0.276. The second-order valence-corrected chi connectivity index (χ2v) is 14.8. The Labute approximate surface area is 251 Å². The molecule has 0 spiro atoms. The number of aryl methyl sites for hydroxylation is 1. The molecule has 0 aromatic carbocycles. The number of aliphatic hydroxyl groups is 2. The van der Waals surface area contributed by atoms with Crippen LogP contribution in [0.2, 0.25) is 0 Å². The summed E-state index contributed by atoms with van der Waals surface area (Å²) >= 11 is 1.73. The van der Waals surface area contributed by atoms with Gasteiger partial charge in [-0.25, -0.2) is 4.98 Å². The van der Waals surface area contributed by atoms with Crippen LogP contribution in [0.15, 0.2) is 40.8 Å². The molecule has 1 heterocycles. The molecule has 5 nitrogen and oxygen atoms in total. The van der Waals surface area contributed by atoms with E-state index in [0.29, 0.717) is 37.0 Å². The largest absolute Gasteiger partial charge is 0.461 e. The molecule has 6 heteroatoms.